The zero-order valence-corrected chi connectivity index (χ0v) is 18.0. The number of nitrogens with zero attached hydrogens (tertiary/aromatic N) is 3. The van der Waals surface area contributed by atoms with Crippen molar-refractivity contribution in [2.24, 2.45) is 0 Å². The molecule has 0 saturated heterocycles. The molecule has 2 heterocycles. The second-order valence-electron chi connectivity index (χ2n) is 6.91. The van der Waals surface area contributed by atoms with E-state index < -0.39 is 11.5 Å². The zero-order valence-electron chi connectivity index (χ0n) is 18.0. The summed E-state index contributed by atoms with van der Waals surface area (Å²) in [6.07, 6.45) is 3.42. The second-order valence-corrected chi connectivity index (χ2v) is 6.91. The minimum Gasteiger partial charge on any atom is -0.438 e. The van der Waals surface area contributed by atoms with Gasteiger partial charge < -0.3 is 14.8 Å². The first-order valence-electron chi connectivity index (χ1n) is 10.3. The van der Waals surface area contributed by atoms with Crippen LogP contribution >= 0.6 is 0 Å². The number of aromatic nitrogens is 2. The molecule has 0 unspecified atom stereocenters. The first kappa shape index (κ1) is 22.7. The Morgan fingerprint density at radius 3 is 2.75 bits per heavy atom. The first-order valence-corrected chi connectivity index (χ1v) is 10.3. The Kier molecular flexibility index (Phi) is 7.73. The fourth-order valence-electron chi connectivity index (χ4n) is 3.00. The summed E-state index contributed by atoms with van der Waals surface area (Å²) in [5.74, 6) is -0.0818. The average Bonchev–Trinajstić information content (AvgIpc) is 2.80. The van der Waals surface area contributed by atoms with E-state index in [2.05, 4.69) is 10.3 Å². The van der Waals surface area contributed by atoms with Crippen LogP contribution in [0.5, 0.6) is 11.6 Å². The van der Waals surface area contributed by atoms with Crippen molar-refractivity contribution in [3.05, 3.63) is 75.7 Å². The van der Waals surface area contributed by atoms with Crippen molar-refractivity contribution < 1.29 is 14.3 Å². The fraction of sp³-hybridized carbons (Fsp3) is 0.250. The number of para-hydroxylation sites is 1. The Labute approximate surface area is 185 Å². The van der Waals surface area contributed by atoms with Gasteiger partial charge in [0.05, 0.1) is 0 Å². The number of aryl methyl sites for hydroxylation is 1. The highest BCUT2D eigenvalue weighted by molar-refractivity contribution is 6.01. The summed E-state index contributed by atoms with van der Waals surface area (Å²) in [4.78, 5) is 30.2. The van der Waals surface area contributed by atoms with Gasteiger partial charge in [-0.05, 0) is 50.1 Å². The van der Waals surface area contributed by atoms with Gasteiger partial charge in [-0.15, -0.1) is 0 Å². The number of fused-ring (bicyclic) bond motifs is 1. The van der Waals surface area contributed by atoms with Gasteiger partial charge in [-0.1, -0.05) is 24.3 Å². The fourth-order valence-corrected chi connectivity index (χ4v) is 3.00. The number of amides is 1. The molecule has 1 N–H and O–H groups in total. The third kappa shape index (κ3) is 5.39. The third-order valence-corrected chi connectivity index (χ3v) is 4.62. The second kappa shape index (κ2) is 10.9. The molecule has 0 bridgehead atoms. The number of nitriles is 1. The molecule has 0 aliphatic carbocycles. The van der Waals surface area contributed by atoms with E-state index in [1.807, 2.05) is 32.0 Å². The SMILES string of the molecule is CCOCCCNC(=O)/C(C#N)=C/c1c(Oc2ccccc2)nc2c(C)cccn2c1=O. The monoisotopic (exact) mass is 432 g/mol. The lowest BCUT2D eigenvalue weighted by molar-refractivity contribution is -0.117. The predicted molar refractivity (Wildman–Crippen MR) is 120 cm³/mol. The number of hydrogen-bond donors (Lipinski definition) is 1. The van der Waals surface area contributed by atoms with E-state index in [1.165, 1.54) is 10.5 Å². The molecule has 32 heavy (non-hydrogen) atoms. The Morgan fingerprint density at radius 2 is 2.03 bits per heavy atom. The zero-order chi connectivity index (χ0) is 22.9. The summed E-state index contributed by atoms with van der Waals surface area (Å²) in [7, 11) is 0. The van der Waals surface area contributed by atoms with E-state index in [4.69, 9.17) is 9.47 Å². The third-order valence-electron chi connectivity index (χ3n) is 4.62. The van der Waals surface area contributed by atoms with Gasteiger partial charge in [0.1, 0.15) is 28.6 Å². The summed E-state index contributed by atoms with van der Waals surface area (Å²) in [6.45, 7) is 5.17. The maximum absolute atomic E-state index is 13.2. The Hall–Kier alpha value is -3.96. The van der Waals surface area contributed by atoms with Crippen molar-refractivity contribution in [2.45, 2.75) is 20.3 Å². The predicted octanol–water partition coefficient (Wildman–Crippen LogP) is 3.25. The molecule has 0 atom stereocenters. The van der Waals surface area contributed by atoms with Gasteiger partial charge in [-0.2, -0.15) is 10.2 Å². The highest BCUT2D eigenvalue weighted by Crippen LogP contribution is 2.24. The molecule has 0 aliphatic heterocycles. The number of carbonyl (C=O) groups is 1. The summed E-state index contributed by atoms with van der Waals surface area (Å²) in [5, 5.41) is 12.2. The van der Waals surface area contributed by atoms with Gasteiger partial charge in [-0.25, -0.2) is 0 Å². The van der Waals surface area contributed by atoms with Crippen molar-refractivity contribution in [3.8, 4) is 17.7 Å². The normalized spacial score (nSPS) is 11.2. The van der Waals surface area contributed by atoms with Crippen LogP contribution in [-0.2, 0) is 9.53 Å². The summed E-state index contributed by atoms with van der Waals surface area (Å²) < 4.78 is 12.5. The largest absolute Gasteiger partial charge is 0.438 e. The number of hydrogen-bond acceptors (Lipinski definition) is 6. The number of ether oxygens (including phenoxy) is 2. The van der Waals surface area contributed by atoms with E-state index in [0.29, 0.717) is 37.6 Å². The molecule has 0 radical (unpaired) electrons. The van der Waals surface area contributed by atoms with Crippen LogP contribution in [0.3, 0.4) is 0 Å². The van der Waals surface area contributed by atoms with Gasteiger partial charge >= 0.3 is 0 Å². The number of rotatable bonds is 9. The first-order chi connectivity index (χ1) is 15.5. The highest BCUT2D eigenvalue weighted by atomic mass is 16.5. The quantitative estimate of drug-likeness (QED) is 0.316. The van der Waals surface area contributed by atoms with Crippen molar-refractivity contribution in [2.75, 3.05) is 19.8 Å². The molecule has 2 aromatic heterocycles. The van der Waals surface area contributed by atoms with Crippen LogP contribution < -0.4 is 15.6 Å². The Balaban J connectivity index is 2.02. The molecule has 8 heteroatoms. The molecule has 0 saturated carbocycles. The summed E-state index contributed by atoms with van der Waals surface area (Å²) in [5.41, 5.74) is 0.565. The Bertz CT molecular complexity index is 1230. The summed E-state index contributed by atoms with van der Waals surface area (Å²) >= 11 is 0. The van der Waals surface area contributed by atoms with E-state index in [0.717, 1.165) is 5.56 Å². The standard InChI is InChI=1S/C24H24N4O4/c1-3-31-14-8-12-26-22(29)18(16-25)15-20-23(32-19-10-5-4-6-11-19)27-21-17(2)9-7-13-28(21)24(20)30/h4-7,9-11,13,15H,3,8,12,14H2,1-2H3,(H,26,29)/b18-15+. The molecule has 8 nitrogen and oxygen atoms in total. The molecular weight excluding hydrogens is 408 g/mol. The van der Waals surface area contributed by atoms with Crippen molar-refractivity contribution in [1.82, 2.24) is 14.7 Å². The number of pyridine rings is 1. The van der Waals surface area contributed by atoms with Crippen LogP contribution in [0.2, 0.25) is 0 Å². The van der Waals surface area contributed by atoms with Crippen LogP contribution in [0.4, 0.5) is 0 Å². The number of carbonyl (C=O) groups excluding carboxylic acids is 1. The molecule has 0 fully saturated rings. The Morgan fingerprint density at radius 1 is 1.25 bits per heavy atom. The maximum atomic E-state index is 13.2. The summed E-state index contributed by atoms with van der Waals surface area (Å²) in [6, 6.07) is 14.3. The highest BCUT2D eigenvalue weighted by Gasteiger charge is 2.18. The van der Waals surface area contributed by atoms with E-state index in [1.54, 1.807) is 36.5 Å². The minimum atomic E-state index is -0.580. The van der Waals surface area contributed by atoms with Crippen molar-refractivity contribution in [3.63, 3.8) is 0 Å². The molecule has 164 valence electrons. The van der Waals surface area contributed by atoms with Gasteiger partial charge in [0.25, 0.3) is 11.5 Å². The molecule has 0 aliphatic rings. The smallest absolute Gasteiger partial charge is 0.269 e. The lowest BCUT2D eigenvalue weighted by atomic mass is 10.1. The minimum absolute atomic E-state index is 0.0120. The number of nitrogens with one attached hydrogen (secondary N) is 1. The molecular formula is C24H24N4O4. The molecule has 1 amide bonds. The average molecular weight is 432 g/mol. The lowest BCUT2D eigenvalue weighted by Crippen LogP contribution is -2.27. The van der Waals surface area contributed by atoms with Gasteiger partial charge in [0.15, 0.2) is 0 Å². The van der Waals surface area contributed by atoms with Crippen LogP contribution in [0.15, 0.2) is 59.0 Å². The topological polar surface area (TPSA) is 106 Å². The lowest BCUT2D eigenvalue weighted by Gasteiger charge is -2.11. The molecule has 0 spiro atoms. The molecule has 3 rings (SSSR count). The van der Waals surface area contributed by atoms with E-state index in [-0.39, 0.29) is 17.0 Å². The number of benzene rings is 1. The van der Waals surface area contributed by atoms with Gasteiger partial charge in [0, 0.05) is 26.0 Å². The van der Waals surface area contributed by atoms with Crippen LogP contribution in [0.1, 0.15) is 24.5 Å². The van der Waals surface area contributed by atoms with Crippen LogP contribution in [-0.4, -0.2) is 35.1 Å². The van der Waals surface area contributed by atoms with Gasteiger partial charge in [-0.3, -0.25) is 14.0 Å². The van der Waals surface area contributed by atoms with Crippen molar-refractivity contribution in [1.29, 1.82) is 5.26 Å². The van der Waals surface area contributed by atoms with Crippen LogP contribution in [0, 0.1) is 18.3 Å². The van der Waals surface area contributed by atoms with Crippen LogP contribution in [0.25, 0.3) is 11.7 Å². The van der Waals surface area contributed by atoms with Crippen molar-refractivity contribution >= 4 is 17.6 Å². The molecule has 1 aromatic carbocycles. The van der Waals surface area contributed by atoms with Gasteiger partial charge in [0.2, 0.25) is 5.88 Å². The maximum Gasteiger partial charge on any atom is 0.269 e. The van der Waals surface area contributed by atoms with E-state index in [9.17, 15) is 14.9 Å². The van der Waals surface area contributed by atoms with E-state index >= 15 is 0 Å². The molecule has 3 aromatic rings.